The van der Waals surface area contributed by atoms with E-state index in [1.165, 1.54) is 38.1 Å². The second-order valence-electron chi connectivity index (χ2n) is 4.76. The molecule has 0 radical (unpaired) electrons. The lowest BCUT2D eigenvalue weighted by atomic mass is 10.1. The summed E-state index contributed by atoms with van der Waals surface area (Å²) >= 11 is 5.56. The van der Waals surface area contributed by atoms with Gasteiger partial charge in [-0.3, -0.25) is 10.1 Å². The molecular formula is C12H13ClN2O6. The summed E-state index contributed by atoms with van der Waals surface area (Å²) in [6.07, 6.45) is -1.37. The third-order valence-corrected chi connectivity index (χ3v) is 3.17. The van der Waals surface area contributed by atoms with Gasteiger partial charge in [0.1, 0.15) is 6.61 Å². The van der Waals surface area contributed by atoms with Crippen LogP contribution in [0, 0.1) is 10.1 Å². The summed E-state index contributed by atoms with van der Waals surface area (Å²) in [6.45, 7) is 2.70. The summed E-state index contributed by atoms with van der Waals surface area (Å²) in [6, 6.07) is 4.85. The number of benzene rings is 1. The minimum atomic E-state index is -1.37. The first kappa shape index (κ1) is 16.7. The molecule has 0 atom stereocenters. The number of hydrogen-bond donors (Lipinski definition) is 1. The summed E-state index contributed by atoms with van der Waals surface area (Å²) in [5, 5.41) is 19.3. The lowest BCUT2D eigenvalue weighted by Crippen LogP contribution is -2.44. The maximum atomic E-state index is 11.8. The second-order valence-corrected chi connectivity index (χ2v) is 5.09. The van der Waals surface area contributed by atoms with E-state index in [1.54, 1.807) is 0 Å². The van der Waals surface area contributed by atoms with Crippen molar-refractivity contribution in [2.45, 2.75) is 19.4 Å². The predicted molar refractivity (Wildman–Crippen MR) is 73.2 cm³/mol. The number of carboxylic acid groups (broad SMARTS) is 1. The highest BCUT2D eigenvalue weighted by Gasteiger charge is 2.31. The van der Waals surface area contributed by atoms with Crippen LogP contribution in [-0.4, -0.2) is 38.7 Å². The van der Waals surface area contributed by atoms with E-state index in [0.29, 0.717) is 4.42 Å². The van der Waals surface area contributed by atoms with E-state index in [9.17, 15) is 19.7 Å². The third kappa shape index (κ3) is 4.32. The number of rotatable bonds is 5. The fourth-order valence-electron chi connectivity index (χ4n) is 1.36. The van der Waals surface area contributed by atoms with Crippen LogP contribution in [-0.2, 0) is 4.74 Å². The van der Waals surface area contributed by atoms with Crippen LogP contribution in [0.15, 0.2) is 24.3 Å². The average molecular weight is 317 g/mol. The van der Waals surface area contributed by atoms with Crippen molar-refractivity contribution in [1.29, 1.82) is 0 Å². The minimum absolute atomic E-state index is 0.118. The Bertz CT molecular complexity index is 557. The molecule has 0 aliphatic rings. The average Bonchev–Trinajstić information content (AvgIpc) is 2.43. The molecule has 1 N–H and O–H groups in total. The Hall–Kier alpha value is -2.35. The van der Waals surface area contributed by atoms with E-state index in [1.807, 2.05) is 0 Å². The number of non-ortho nitro benzene ring substituents is 1. The molecule has 114 valence electrons. The van der Waals surface area contributed by atoms with Gasteiger partial charge in [0.2, 0.25) is 0 Å². The summed E-state index contributed by atoms with van der Waals surface area (Å²) in [5.74, 6) is -0.728. The van der Waals surface area contributed by atoms with Gasteiger partial charge in [0.05, 0.1) is 16.0 Å². The first-order valence-electron chi connectivity index (χ1n) is 5.75. The molecule has 0 unspecified atom stereocenters. The van der Waals surface area contributed by atoms with Gasteiger partial charge in [-0.2, -0.15) is 0 Å². The van der Waals surface area contributed by atoms with Crippen molar-refractivity contribution in [2.24, 2.45) is 0 Å². The van der Waals surface area contributed by atoms with Crippen LogP contribution in [0.4, 0.5) is 10.5 Å². The Morgan fingerprint density at radius 2 is 1.90 bits per heavy atom. The quantitative estimate of drug-likeness (QED) is 0.387. The van der Waals surface area contributed by atoms with Crippen LogP contribution in [0.5, 0.6) is 0 Å². The fourth-order valence-corrected chi connectivity index (χ4v) is 1.41. The van der Waals surface area contributed by atoms with Gasteiger partial charge < -0.3 is 9.84 Å². The highest BCUT2D eigenvalue weighted by atomic mass is 35.5. The van der Waals surface area contributed by atoms with Gasteiger partial charge in [0.15, 0.2) is 0 Å². The molecule has 0 bridgehead atoms. The van der Waals surface area contributed by atoms with E-state index in [2.05, 4.69) is 0 Å². The van der Waals surface area contributed by atoms with Crippen LogP contribution in [0.25, 0.3) is 0 Å². The molecule has 8 nitrogen and oxygen atoms in total. The number of nitrogens with zero attached hydrogens (tertiary/aromatic N) is 2. The van der Waals surface area contributed by atoms with Crippen LogP contribution in [0.1, 0.15) is 24.2 Å². The maximum Gasteiger partial charge on any atom is 0.422 e. The number of halogens is 1. The van der Waals surface area contributed by atoms with Crippen molar-refractivity contribution in [3.8, 4) is 0 Å². The van der Waals surface area contributed by atoms with E-state index in [4.69, 9.17) is 21.6 Å². The van der Waals surface area contributed by atoms with Crippen molar-refractivity contribution in [3.05, 3.63) is 39.9 Å². The molecule has 0 saturated carbocycles. The minimum Gasteiger partial charge on any atom is -0.464 e. The molecule has 1 aromatic carbocycles. The normalized spacial score (nSPS) is 10.8. The van der Waals surface area contributed by atoms with Crippen LogP contribution >= 0.6 is 11.8 Å². The van der Waals surface area contributed by atoms with Crippen LogP contribution in [0.2, 0.25) is 0 Å². The number of amides is 1. The topological polar surface area (TPSA) is 110 Å². The molecule has 0 aromatic heterocycles. The first-order valence-corrected chi connectivity index (χ1v) is 6.09. The molecule has 1 aromatic rings. The molecule has 0 fully saturated rings. The summed E-state index contributed by atoms with van der Waals surface area (Å²) in [4.78, 5) is 32.4. The Morgan fingerprint density at radius 1 is 1.38 bits per heavy atom. The van der Waals surface area contributed by atoms with Gasteiger partial charge >= 0.3 is 12.1 Å². The second kappa shape index (κ2) is 6.40. The van der Waals surface area contributed by atoms with Crippen LogP contribution in [0.3, 0.4) is 0 Å². The van der Waals surface area contributed by atoms with E-state index >= 15 is 0 Å². The van der Waals surface area contributed by atoms with Crippen molar-refractivity contribution >= 4 is 29.5 Å². The van der Waals surface area contributed by atoms with Crippen molar-refractivity contribution in [1.82, 2.24) is 4.42 Å². The molecule has 0 aliphatic carbocycles. The SMILES string of the molecule is CC(C)(COC(=O)c1ccc([N+](=O)[O-])cc1)N(Cl)C(=O)O. The Morgan fingerprint density at radius 3 is 2.33 bits per heavy atom. The standard InChI is InChI=1S/C12H13ClN2O6/c1-12(2,14(13)11(17)18)7-21-10(16)8-3-5-9(6-4-8)15(19)20/h3-6H,7H2,1-2H3,(H,17,18). The van der Waals surface area contributed by atoms with Gasteiger partial charge in [0.25, 0.3) is 5.69 Å². The molecule has 9 heteroatoms. The number of esters is 1. The molecule has 0 heterocycles. The summed E-state index contributed by atoms with van der Waals surface area (Å²) in [7, 11) is 0. The van der Waals surface area contributed by atoms with E-state index < -0.39 is 22.5 Å². The number of ether oxygens (including phenoxy) is 1. The number of carbonyl (C=O) groups is 2. The maximum absolute atomic E-state index is 11.8. The zero-order chi connectivity index (χ0) is 16.2. The zero-order valence-corrected chi connectivity index (χ0v) is 12.0. The van der Waals surface area contributed by atoms with E-state index in [0.717, 1.165) is 0 Å². The highest BCUT2D eigenvalue weighted by molar-refractivity contribution is 6.20. The number of nitro groups is 1. The van der Waals surface area contributed by atoms with Crippen LogP contribution < -0.4 is 0 Å². The molecule has 0 saturated heterocycles. The molecular weight excluding hydrogens is 304 g/mol. The third-order valence-electron chi connectivity index (χ3n) is 2.57. The lowest BCUT2D eigenvalue weighted by molar-refractivity contribution is -0.384. The number of carbonyl (C=O) groups excluding carboxylic acids is 1. The fraction of sp³-hybridized carbons (Fsp3) is 0.333. The zero-order valence-electron chi connectivity index (χ0n) is 11.3. The smallest absolute Gasteiger partial charge is 0.422 e. The molecule has 0 spiro atoms. The largest absolute Gasteiger partial charge is 0.464 e. The van der Waals surface area contributed by atoms with Gasteiger partial charge in [-0.1, -0.05) is 0 Å². The Kier molecular flexibility index (Phi) is 5.09. The van der Waals surface area contributed by atoms with Gasteiger partial charge in [-0.05, 0) is 26.0 Å². The number of nitro benzene ring substituents is 1. The first-order chi connectivity index (χ1) is 9.65. The predicted octanol–water partition coefficient (Wildman–Crippen LogP) is 2.66. The monoisotopic (exact) mass is 316 g/mol. The van der Waals surface area contributed by atoms with Crippen molar-refractivity contribution in [3.63, 3.8) is 0 Å². The highest BCUT2D eigenvalue weighted by Crippen LogP contribution is 2.19. The molecule has 0 aliphatic heterocycles. The summed E-state index contributed by atoms with van der Waals surface area (Å²) in [5.41, 5.74) is -1.15. The van der Waals surface area contributed by atoms with Gasteiger partial charge in [-0.15, -0.1) is 0 Å². The lowest BCUT2D eigenvalue weighted by Gasteiger charge is -2.29. The summed E-state index contributed by atoms with van der Waals surface area (Å²) < 4.78 is 5.48. The van der Waals surface area contributed by atoms with Crippen molar-refractivity contribution in [2.75, 3.05) is 6.61 Å². The molecule has 21 heavy (non-hydrogen) atoms. The number of hydrogen-bond acceptors (Lipinski definition) is 5. The molecule has 1 amide bonds. The Labute approximate surface area is 125 Å². The van der Waals surface area contributed by atoms with Crippen molar-refractivity contribution < 1.29 is 24.4 Å². The molecule has 1 rings (SSSR count). The van der Waals surface area contributed by atoms with Gasteiger partial charge in [-0.25, -0.2) is 14.0 Å². The van der Waals surface area contributed by atoms with Gasteiger partial charge in [0, 0.05) is 23.9 Å². The van der Waals surface area contributed by atoms with E-state index in [-0.39, 0.29) is 17.9 Å². The Balaban J connectivity index is 2.69.